The largest absolute Gasteiger partial charge is 0.390 e. The van der Waals surface area contributed by atoms with Gasteiger partial charge in [0.2, 0.25) is 0 Å². The number of rotatable bonds is 3. The molecule has 0 aliphatic carbocycles. The van der Waals surface area contributed by atoms with Crippen LogP contribution in [0.1, 0.15) is 5.69 Å². The molecule has 0 amide bonds. The van der Waals surface area contributed by atoms with Crippen molar-refractivity contribution in [1.29, 1.82) is 0 Å². The van der Waals surface area contributed by atoms with Gasteiger partial charge in [0.25, 0.3) is 0 Å². The van der Waals surface area contributed by atoms with Crippen molar-refractivity contribution in [2.24, 2.45) is 0 Å². The number of nitrogens with zero attached hydrogens (tertiary/aromatic N) is 4. The lowest BCUT2D eigenvalue weighted by Crippen LogP contribution is -2.46. The van der Waals surface area contributed by atoms with Crippen LogP contribution in [0.25, 0.3) is 0 Å². The monoisotopic (exact) mass is 288 g/mol. The Labute approximate surface area is 122 Å². The van der Waals surface area contributed by atoms with Crippen molar-refractivity contribution in [3.05, 3.63) is 47.9 Å². The van der Waals surface area contributed by atoms with Crippen molar-refractivity contribution in [3.8, 4) is 0 Å². The summed E-state index contributed by atoms with van der Waals surface area (Å²) in [6, 6.07) is 10.3. The maximum Gasteiger partial charge on any atom is 0.151 e. The second-order valence-electron chi connectivity index (χ2n) is 4.99. The average molecular weight is 288 g/mol. The third-order valence-corrected chi connectivity index (χ3v) is 3.66. The van der Waals surface area contributed by atoms with Crippen molar-refractivity contribution < 1.29 is 9.50 Å². The van der Waals surface area contributed by atoms with E-state index in [0.29, 0.717) is 5.69 Å². The molecule has 0 saturated carbocycles. The number of hydrogen-bond acceptors (Lipinski definition) is 5. The molecule has 1 aliphatic rings. The quantitative estimate of drug-likeness (QED) is 0.926. The highest BCUT2D eigenvalue weighted by Gasteiger charge is 2.18. The number of hydrogen-bond donors (Lipinski definition) is 1. The molecule has 0 radical (unpaired) electrons. The standard InChI is InChI=1S/C15H17FN4O/c16-12-1-4-14(5-2-12)19-7-9-20(10-8-19)15-6-3-13(11-21)17-18-15/h1-6,21H,7-11H2. The second kappa shape index (κ2) is 6.05. The molecule has 2 aromatic rings. The number of aliphatic hydroxyl groups excluding tert-OH is 1. The first-order valence-corrected chi connectivity index (χ1v) is 6.95. The van der Waals surface area contributed by atoms with Crippen LogP contribution in [-0.4, -0.2) is 41.5 Å². The Morgan fingerprint density at radius 2 is 1.57 bits per heavy atom. The van der Waals surface area contributed by atoms with Gasteiger partial charge in [0.05, 0.1) is 12.3 Å². The van der Waals surface area contributed by atoms with E-state index in [1.54, 1.807) is 18.2 Å². The number of aliphatic hydroxyl groups is 1. The fraction of sp³-hybridized carbons (Fsp3) is 0.333. The first kappa shape index (κ1) is 13.8. The van der Waals surface area contributed by atoms with Gasteiger partial charge in [-0.25, -0.2) is 4.39 Å². The maximum atomic E-state index is 12.9. The zero-order chi connectivity index (χ0) is 14.7. The summed E-state index contributed by atoms with van der Waals surface area (Å²) >= 11 is 0. The average Bonchev–Trinajstić information content (AvgIpc) is 2.56. The fourth-order valence-corrected chi connectivity index (χ4v) is 2.45. The van der Waals surface area contributed by atoms with E-state index in [0.717, 1.165) is 37.7 Å². The predicted octanol–water partition coefficient (Wildman–Crippen LogP) is 1.43. The molecular weight excluding hydrogens is 271 g/mol. The molecule has 21 heavy (non-hydrogen) atoms. The smallest absolute Gasteiger partial charge is 0.151 e. The zero-order valence-corrected chi connectivity index (χ0v) is 11.6. The molecule has 1 saturated heterocycles. The summed E-state index contributed by atoms with van der Waals surface area (Å²) in [7, 11) is 0. The third kappa shape index (κ3) is 3.11. The summed E-state index contributed by atoms with van der Waals surface area (Å²) < 4.78 is 12.9. The van der Waals surface area contributed by atoms with E-state index in [4.69, 9.17) is 5.11 Å². The van der Waals surface area contributed by atoms with E-state index in [2.05, 4.69) is 20.0 Å². The minimum absolute atomic E-state index is 0.0916. The van der Waals surface area contributed by atoms with Gasteiger partial charge >= 0.3 is 0 Å². The second-order valence-corrected chi connectivity index (χ2v) is 4.99. The van der Waals surface area contributed by atoms with Gasteiger partial charge in [-0.05, 0) is 36.4 Å². The lowest BCUT2D eigenvalue weighted by Gasteiger charge is -2.36. The first-order chi connectivity index (χ1) is 10.3. The topological polar surface area (TPSA) is 52.5 Å². The van der Waals surface area contributed by atoms with E-state index >= 15 is 0 Å². The van der Waals surface area contributed by atoms with Crippen LogP contribution in [-0.2, 0) is 6.61 Å². The summed E-state index contributed by atoms with van der Waals surface area (Å²) in [5.74, 6) is 0.614. The minimum Gasteiger partial charge on any atom is -0.390 e. The van der Waals surface area contributed by atoms with Crippen LogP contribution in [0.2, 0.25) is 0 Å². The zero-order valence-electron chi connectivity index (χ0n) is 11.6. The van der Waals surface area contributed by atoms with Crippen LogP contribution in [0.4, 0.5) is 15.9 Å². The number of piperazine rings is 1. The van der Waals surface area contributed by atoms with Gasteiger partial charge in [-0.2, -0.15) is 5.10 Å². The summed E-state index contributed by atoms with van der Waals surface area (Å²) in [5, 5.41) is 17.1. The normalized spacial score (nSPS) is 15.3. The molecule has 1 aromatic carbocycles. The van der Waals surface area contributed by atoms with Gasteiger partial charge in [0.15, 0.2) is 5.82 Å². The molecule has 1 fully saturated rings. The van der Waals surface area contributed by atoms with E-state index in [9.17, 15) is 4.39 Å². The number of halogens is 1. The van der Waals surface area contributed by atoms with E-state index in [-0.39, 0.29) is 12.4 Å². The number of aromatic nitrogens is 2. The van der Waals surface area contributed by atoms with Crippen molar-refractivity contribution in [1.82, 2.24) is 10.2 Å². The van der Waals surface area contributed by atoms with Gasteiger partial charge in [-0.1, -0.05) is 0 Å². The van der Waals surface area contributed by atoms with Crippen molar-refractivity contribution in [3.63, 3.8) is 0 Å². The summed E-state index contributed by atoms with van der Waals surface area (Å²) in [6.45, 7) is 3.30. The van der Waals surface area contributed by atoms with Gasteiger partial charge in [0.1, 0.15) is 5.82 Å². The molecule has 3 rings (SSSR count). The number of benzene rings is 1. The highest BCUT2D eigenvalue weighted by atomic mass is 19.1. The molecule has 0 spiro atoms. The molecule has 5 nitrogen and oxygen atoms in total. The fourth-order valence-electron chi connectivity index (χ4n) is 2.45. The minimum atomic E-state index is -0.211. The molecule has 1 aromatic heterocycles. The van der Waals surface area contributed by atoms with Crippen LogP contribution in [0, 0.1) is 5.82 Å². The Kier molecular flexibility index (Phi) is 3.96. The van der Waals surface area contributed by atoms with Gasteiger partial charge in [0, 0.05) is 31.9 Å². The third-order valence-electron chi connectivity index (χ3n) is 3.66. The molecule has 6 heteroatoms. The number of anilines is 2. The predicted molar refractivity (Wildman–Crippen MR) is 78.8 cm³/mol. The molecule has 110 valence electrons. The maximum absolute atomic E-state index is 12.9. The van der Waals surface area contributed by atoms with E-state index in [1.807, 2.05) is 6.07 Å². The highest BCUT2D eigenvalue weighted by molar-refractivity contribution is 5.49. The molecule has 2 heterocycles. The van der Waals surface area contributed by atoms with Crippen LogP contribution in [0.15, 0.2) is 36.4 Å². The van der Waals surface area contributed by atoms with Crippen LogP contribution in [0.5, 0.6) is 0 Å². The highest BCUT2D eigenvalue weighted by Crippen LogP contribution is 2.19. The van der Waals surface area contributed by atoms with Crippen molar-refractivity contribution in [2.75, 3.05) is 36.0 Å². The van der Waals surface area contributed by atoms with Crippen LogP contribution >= 0.6 is 0 Å². The molecule has 1 N–H and O–H groups in total. The molecule has 0 atom stereocenters. The van der Waals surface area contributed by atoms with Crippen molar-refractivity contribution in [2.45, 2.75) is 6.61 Å². The Hall–Kier alpha value is -2.21. The van der Waals surface area contributed by atoms with Crippen LogP contribution in [0.3, 0.4) is 0 Å². The summed E-state index contributed by atoms with van der Waals surface area (Å²) in [5.41, 5.74) is 1.61. The molecular formula is C15H17FN4O. The van der Waals surface area contributed by atoms with Crippen molar-refractivity contribution >= 4 is 11.5 Å². The lowest BCUT2D eigenvalue weighted by atomic mass is 10.2. The summed E-state index contributed by atoms with van der Waals surface area (Å²) in [4.78, 5) is 4.39. The van der Waals surface area contributed by atoms with Gasteiger partial charge in [-0.3, -0.25) is 0 Å². The molecule has 0 unspecified atom stereocenters. The van der Waals surface area contributed by atoms with Crippen LogP contribution < -0.4 is 9.80 Å². The Morgan fingerprint density at radius 1 is 0.905 bits per heavy atom. The van der Waals surface area contributed by atoms with Gasteiger partial charge < -0.3 is 14.9 Å². The molecule has 0 bridgehead atoms. The summed E-state index contributed by atoms with van der Waals surface area (Å²) in [6.07, 6.45) is 0. The Morgan fingerprint density at radius 3 is 2.14 bits per heavy atom. The van der Waals surface area contributed by atoms with E-state index < -0.39 is 0 Å². The Balaban J connectivity index is 1.62. The molecule has 1 aliphatic heterocycles. The Bertz CT molecular complexity index is 580. The van der Waals surface area contributed by atoms with E-state index in [1.165, 1.54) is 12.1 Å². The first-order valence-electron chi connectivity index (χ1n) is 6.95. The SMILES string of the molecule is OCc1ccc(N2CCN(c3ccc(F)cc3)CC2)nn1. The lowest BCUT2D eigenvalue weighted by molar-refractivity contribution is 0.275. The van der Waals surface area contributed by atoms with Gasteiger partial charge in [-0.15, -0.1) is 5.10 Å².